The SMILES string of the molecule is CCOC1CCCN(C(=O)N2CCC(CCC(=O)O)C2)C1. The maximum absolute atomic E-state index is 12.5. The Kier molecular flexibility index (Phi) is 5.85. The van der Waals surface area contributed by atoms with Crippen molar-refractivity contribution in [3.05, 3.63) is 0 Å². The molecule has 2 aliphatic rings. The number of urea groups is 1. The minimum atomic E-state index is -0.754. The maximum Gasteiger partial charge on any atom is 0.320 e. The number of hydrogen-bond donors (Lipinski definition) is 1. The smallest absolute Gasteiger partial charge is 0.320 e. The number of nitrogens with zero attached hydrogens (tertiary/aromatic N) is 2. The molecule has 0 aromatic rings. The molecule has 1 N–H and O–H groups in total. The Morgan fingerprint density at radius 1 is 1.19 bits per heavy atom. The zero-order chi connectivity index (χ0) is 15.2. The van der Waals surface area contributed by atoms with E-state index in [1.165, 1.54) is 0 Å². The van der Waals surface area contributed by atoms with Crippen molar-refractivity contribution in [3.8, 4) is 0 Å². The van der Waals surface area contributed by atoms with Crippen LogP contribution >= 0.6 is 0 Å². The number of carboxylic acid groups (broad SMARTS) is 1. The van der Waals surface area contributed by atoms with Crippen molar-refractivity contribution in [1.82, 2.24) is 9.80 Å². The fraction of sp³-hybridized carbons (Fsp3) is 0.867. The van der Waals surface area contributed by atoms with Crippen molar-refractivity contribution in [3.63, 3.8) is 0 Å². The highest BCUT2D eigenvalue weighted by Gasteiger charge is 2.32. The minimum absolute atomic E-state index is 0.0947. The Morgan fingerprint density at radius 2 is 1.95 bits per heavy atom. The summed E-state index contributed by atoms with van der Waals surface area (Å²) in [6.07, 6.45) is 3.97. The lowest BCUT2D eigenvalue weighted by Crippen LogP contribution is -2.48. The molecule has 6 heteroatoms. The molecular weight excluding hydrogens is 272 g/mol. The van der Waals surface area contributed by atoms with Crippen LogP contribution in [0.1, 0.15) is 39.0 Å². The number of rotatable bonds is 5. The van der Waals surface area contributed by atoms with Gasteiger partial charge in [-0.25, -0.2) is 4.79 Å². The van der Waals surface area contributed by atoms with Gasteiger partial charge in [0.05, 0.1) is 6.10 Å². The van der Waals surface area contributed by atoms with Gasteiger partial charge in [0.2, 0.25) is 0 Å². The van der Waals surface area contributed by atoms with Crippen LogP contribution in [0.15, 0.2) is 0 Å². The van der Waals surface area contributed by atoms with Crippen LogP contribution in [-0.4, -0.2) is 65.8 Å². The van der Waals surface area contributed by atoms with Crippen molar-refractivity contribution in [1.29, 1.82) is 0 Å². The van der Waals surface area contributed by atoms with Gasteiger partial charge in [0.1, 0.15) is 0 Å². The number of carboxylic acids is 1. The summed E-state index contributed by atoms with van der Waals surface area (Å²) < 4.78 is 5.63. The summed E-state index contributed by atoms with van der Waals surface area (Å²) in [4.78, 5) is 26.9. The van der Waals surface area contributed by atoms with E-state index in [0.29, 0.717) is 32.0 Å². The third-order valence-electron chi connectivity index (χ3n) is 4.37. The first kappa shape index (κ1) is 16.1. The van der Waals surface area contributed by atoms with Crippen LogP contribution in [-0.2, 0) is 9.53 Å². The minimum Gasteiger partial charge on any atom is -0.481 e. The zero-order valence-corrected chi connectivity index (χ0v) is 12.8. The first-order valence-electron chi connectivity index (χ1n) is 7.97. The Morgan fingerprint density at radius 3 is 2.67 bits per heavy atom. The van der Waals surface area contributed by atoms with Crippen molar-refractivity contribution in [2.75, 3.05) is 32.8 Å². The highest BCUT2D eigenvalue weighted by Crippen LogP contribution is 2.23. The van der Waals surface area contributed by atoms with Crippen LogP contribution in [0.5, 0.6) is 0 Å². The van der Waals surface area contributed by atoms with Gasteiger partial charge in [0.15, 0.2) is 0 Å². The lowest BCUT2D eigenvalue weighted by atomic mass is 10.0. The van der Waals surface area contributed by atoms with E-state index in [4.69, 9.17) is 9.84 Å². The summed E-state index contributed by atoms with van der Waals surface area (Å²) in [5, 5.41) is 8.73. The summed E-state index contributed by atoms with van der Waals surface area (Å²) in [5.74, 6) is -0.423. The Labute approximate surface area is 126 Å². The Balaban J connectivity index is 1.79. The van der Waals surface area contributed by atoms with Crippen molar-refractivity contribution in [2.24, 2.45) is 5.92 Å². The second-order valence-corrected chi connectivity index (χ2v) is 5.98. The molecule has 0 aliphatic carbocycles. The van der Waals surface area contributed by atoms with E-state index in [9.17, 15) is 9.59 Å². The Hall–Kier alpha value is -1.30. The van der Waals surface area contributed by atoms with Gasteiger partial charge < -0.3 is 19.6 Å². The van der Waals surface area contributed by atoms with Gasteiger partial charge in [-0.2, -0.15) is 0 Å². The van der Waals surface area contributed by atoms with E-state index in [2.05, 4.69) is 0 Å². The molecule has 0 aromatic carbocycles. The topological polar surface area (TPSA) is 70.1 Å². The molecule has 2 atom stereocenters. The zero-order valence-electron chi connectivity index (χ0n) is 12.8. The molecule has 2 unspecified atom stereocenters. The summed E-state index contributed by atoms with van der Waals surface area (Å²) >= 11 is 0. The molecule has 2 amide bonds. The first-order chi connectivity index (χ1) is 10.1. The predicted octanol–water partition coefficient (Wildman–Crippen LogP) is 1.79. The lowest BCUT2D eigenvalue weighted by molar-refractivity contribution is -0.137. The average molecular weight is 298 g/mol. The molecule has 2 rings (SSSR count). The molecule has 2 fully saturated rings. The van der Waals surface area contributed by atoms with Gasteiger partial charge in [0.25, 0.3) is 0 Å². The van der Waals surface area contributed by atoms with Crippen LogP contribution < -0.4 is 0 Å². The fourth-order valence-electron chi connectivity index (χ4n) is 3.25. The van der Waals surface area contributed by atoms with Gasteiger partial charge >= 0.3 is 12.0 Å². The van der Waals surface area contributed by atoms with Crippen molar-refractivity contribution < 1.29 is 19.4 Å². The van der Waals surface area contributed by atoms with Crippen molar-refractivity contribution >= 4 is 12.0 Å². The van der Waals surface area contributed by atoms with E-state index >= 15 is 0 Å². The summed E-state index contributed by atoms with van der Waals surface area (Å²) in [7, 11) is 0. The molecule has 120 valence electrons. The fourth-order valence-corrected chi connectivity index (χ4v) is 3.25. The van der Waals surface area contributed by atoms with Crippen LogP contribution in [0, 0.1) is 5.92 Å². The van der Waals surface area contributed by atoms with Crippen LogP contribution in [0.2, 0.25) is 0 Å². The third kappa shape index (κ3) is 4.59. The standard InChI is InChI=1S/C15H26N2O4/c1-2-21-13-4-3-8-16(11-13)15(20)17-9-7-12(10-17)5-6-14(18)19/h12-13H,2-11H2,1H3,(H,18,19). The van der Waals surface area contributed by atoms with E-state index in [1.807, 2.05) is 16.7 Å². The van der Waals surface area contributed by atoms with E-state index in [1.54, 1.807) is 0 Å². The maximum atomic E-state index is 12.5. The number of amides is 2. The number of aliphatic carboxylic acids is 1. The molecule has 0 saturated carbocycles. The summed E-state index contributed by atoms with van der Waals surface area (Å²) in [5.41, 5.74) is 0. The number of ether oxygens (including phenoxy) is 1. The second-order valence-electron chi connectivity index (χ2n) is 5.98. The molecule has 6 nitrogen and oxygen atoms in total. The molecule has 0 spiro atoms. The molecule has 0 bridgehead atoms. The molecule has 2 heterocycles. The largest absolute Gasteiger partial charge is 0.481 e. The second kappa shape index (κ2) is 7.64. The van der Waals surface area contributed by atoms with E-state index in [-0.39, 0.29) is 18.6 Å². The third-order valence-corrected chi connectivity index (χ3v) is 4.37. The molecule has 2 aliphatic heterocycles. The van der Waals surface area contributed by atoms with Gasteiger partial charge in [-0.3, -0.25) is 4.79 Å². The lowest BCUT2D eigenvalue weighted by Gasteiger charge is -2.35. The van der Waals surface area contributed by atoms with E-state index < -0.39 is 5.97 Å². The van der Waals surface area contributed by atoms with E-state index in [0.717, 1.165) is 32.4 Å². The molecule has 0 aromatic heterocycles. The number of likely N-dealkylation sites (tertiary alicyclic amines) is 2. The van der Waals surface area contributed by atoms with Crippen molar-refractivity contribution in [2.45, 2.75) is 45.1 Å². The van der Waals surface area contributed by atoms with Gasteiger partial charge in [-0.05, 0) is 38.5 Å². The molecule has 21 heavy (non-hydrogen) atoms. The molecule has 0 radical (unpaired) electrons. The summed E-state index contributed by atoms with van der Waals surface area (Å²) in [6, 6.07) is 0.0947. The monoisotopic (exact) mass is 298 g/mol. The van der Waals surface area contributed by atoms with Gasteiger partial charge in [-0.1, -0.05) is 0 Å². The Bertz CT molecular complexity index is 373. The first-order valence-corrected chi connectivity index (χ1v) is 7.97. The van der Waals surface area contributed by atoms with Gasteiger partial charge in [-0.15, -0.1) is 0 Å². The number of carbonyl (C=O) groups excluding carboxylic acids is 1. The average Bonchev–Trinajstić information content (AvgIpc) is 2.94. The molecular formula is C15H26N2O4. The van der Waals surface area contributed by atoms with Crippen LogP contribution in [0.4, 0.5) is 4.79 Å². The number of carbonyl (C=O) groups is 2. The predicted molar refractivity (Wildman–Crippen MR) is 78.2 cm³/mol. The van der Waals surface area contributed by atoms with Gasteiger partial charge in [0, 0.05) is 39.2 Å². The number of piperidine rings is 1. The highest BCUT2D eigenvalue weighted by atomic mass is 16.5. The highest BCUT2D eigenvalue weighted by molar-refractivity contribution is 5.75. The quantitative estimate of drug-likeness (QED) is 0.840. The summed E-state index contributed by atoms with van der Waals surface area (Å²) in [6.45, 7) is 5.60. The van der Waals surface area contributed by atoms with Crippen LogP contribution in [0.25, 0.3) is 0 Å². The normalized spacial score (nSPS) is 26.1. The number of hydrogen-bond acceptors (Lipinski definition) is 3. The molecule has 2 saturated heterocycles. The van der Waals surface area contributed by atoms with Crippen LogP contribution in [0.3, 0.4) is 0 Å².